The van der Waals surface area contributed by atoms with Gasteiger partial charge in [-0.15, -0.1) is 0 Å². The average molecular weight is 284 g/mol. The number of carbonyl (C=O) groups is 2. The Bertz CT molecular complexity index is 497. The number of hydrogen-bond acceptors (Lipinski definition) is 4. The van der Waals surface area contributed by atoms with Gasteiger partial charge < -0.3 is 10.4 Å². The number of carboxylic acids is 1. The molecule has 1 aliphatic carbocycles. The van der Waals surface area contributed by atoms with E-state index in [4.69, 9.17) is 16.7 Å². The smallest absolute Gasteiger partial charge is 0.326 e. The third kappa shape index (κ3) is 3.89. The lowest BCUT2D eigenvalue weighted by molar-refractivity contribution is -0.139. The molecule has 0 spiro atoms. The van der Waals surface area contributed by atoms with Crippen molar-refractivity contribution in [2.75, 3.05) is 0 Å². The maximum absolute atomic E-state index is 11.9. The zero-order chi connectivity index (χ0) is 14.0. The van der Waals surface area contributed by atoms with E-state index in [9.17, 15) is 9.59 Å². The molecule has 0 radical (unpaired) electrons. The van der Waals surface area contributed by atoms with Gasteiger partial charge in [0, 0.05) is 5.69 Å². The van der Waals surface area contributed by atoms with Crippen LogP contribution in [0.5, 0.6) is 0 Å². The van der Waals surface area contributed by atoms with Crippen molar-refractivity contribution in [3.8, 4) is 0 Å². The van der Waals surface area contributed by atoms with Crippen LogP contribution in [0.2, 0.25) is 5.28 Å². The number of aliphatic carboxylic acids is 1. The van der Waals surface area contributed by atoms with E-state index < -0.39 is 17.9 Å². The summed E-state index contributed by atoms with van der Waals surface area (Å²) in [6, 6.07) is 0.589. The first kappa shape index (κ1) is 13.7. The topological polar surface area (TPSA) is 92.2 Å². The van der Waals surface area contributed by atoms with Gasteiger partial charge in [-0.05, 0) is 36.9 Å². The SMILES string of the molecule is Cc1cc(C(=O)NC(CC2CC2)C(=O)O)nc(Cl)n1. The van der Waals surface area contributed by atoms with Crippen molar-refractivity contribution >= 4 is 23.5 Å². The minimum absolute atomic E-state index is 0.0285. The van der Waals surface area contributed by atoms with E-state index in [1.54, 1.807) is 6.92 Å². The number of halogens is 1. The molecule has 1 aromatic rings. The Labute approximate surface area is 115 Å². The average Bonchev–Trinajstić information content (AvgIpc) is 3.10. The van der Waals surface area contributed by atoms with Crippen LogP contribution in [0.4, 0.5) is 0 Å². The lowest BCUT2D eigenvalue weighted by Crippen LogP contribution is -2.41. The molecular formula is C12H14ClN3O3. The predicted octanol–water partition coefficient (Wildman–Crippen LogP) is 1.42. The Morgan fingerprint density at radius 1 is 1.53 bits per heavy atom. The van der Waals surface area contributed by atoms with E-state index in [0.29, 0.717) is 18.0 Å². The van der Waals surface area contributed by atoms with Crippen molar-refractivity contribution in [3.05, 3.63) is 22.7 Å². The number of rotatable bonds is 5. The second kappa shape index (κ2) is 5.52. The van der Waals surface area contributed by atoms with E-state index in [0.717, 1.165) is 12.8 Å². The lowest BCUT2D eigenvalue weighted by Gasteiger charge is -2.13. The molecule has 6 nitrogen and oxygen atoms in total. The van der Waals surface area contributed by atoms with Gasteiger partial charge in [-0.1, -0.05) is 12.8 Å². The molecular weight excluding hydrogens is 270 g/mol. The van der Waals surface area contributed by atoms with Crippen LogP contribution in [-0.4, -0.2) is 33.0 Å². The summed E-state index contributed by atoms with van der Waals surface area (Å²) < 4.78 is 0. The number of hydrogen-bond donors (Lipinski definition) is 2. The molecule has 2 N–H and O–H groups in total. The molecule has 1 aromatic heterocycles. The highest BCUT2D eigenvalue weighted by Gasteiger charge is 2.30. The Morgan fingerprint density at radius 2 is 2.21 bits per heavy atom. The van der Waals surface area contributed by atoms with Crippen LogP contribution in [0.25, 0.3) is 0 Å². The first-order valence-corrected chi connectivity index (χ1v) is 6.38. The van der Waals surface area contributed by atoms with Crippen LogP contribution < -0.4 is 5.32 Å². The summed E-state index contributed by atoms with van der Waals surface area (Å²) >= 11 is 5.67. The zero-order valence-electron chi connectivity index (χ0n) is 10.4. The first-order valence-electron chi connectivity index (χ1n) is 6.00. The van der Waals surface area contributed by atoms with Gasteiger partial charge in [-0.25, -0.2) is 14.8 Å². The Morgan fingerprint density at radius 3 is 2.74 bits per heavy atom. The summed E-state index contributed by atoms with van der Waals surface area (Å²) in [5.74, 6) is -1.17. The predicted molar refractivity (Wildman–Crippen MR) is 68.0 cm³/mol. The number of aryl methyl sites for hydroxylation is 1. The molecule has 102 valence electrons. The van der Waals surface area contributed by atoms with Crippen molar-refractivity contribution in [2.24, 2.45) is 5.92 Å². The van der Waals surface area contributed by atoms with Gasteiger partial charge in [0.2, 0.25) is 5.28 Å². The summed E-state index contributed by atoms with van der Waals surface area (Å²) in [5, 5.41) is 11.5. The van der Waals surface area contributed by atoms with E-state index in [1.807, 2.05) is 0 Å². The van der Waals surface area contributed by atoms with E-state index in [1.165, 1.54) is 6.07 Å². The Hall–Kier alpha value is -1.69. The molecule has 19 heavy (non-hydrogen) atoms. The highest BCUT2D eigenvalue weighted by molar-refractivity contribution is 6.28. The van der Waals surface area contributed by atoms with Gasteiger partial charge in [-0.2, -0.15) is 0 Å². The fraction of sp³-hybridized carbons (Fsp3) is 0.500. The lowest BCUT2D eigenvalue weighted by atomic mass is 10.1. The van der Waals surface area contributed by atoms with Crippen molar-refractivity contribution < 1.29 is 14.7 Å². The number of aromatic nitrogens is 2. The van der Waals surface area contributed by atoms with Gasteiger partial charge >= 0.3 is 5.97 Å². The molecule has 0 bridgehead atoms. The van der Waals surface area contributed by atoms with Gasteiger partial charge in [-0.3, -0.25) is 4.79 Å². The van der Waals surface area contributed by atoms with Gasteiger partial charge in [0.05, 0.1) is 0 Å². The normalized spacial score (nSPS) is 15.9. The summed E-state index contributed by atoms with van der Waals surface area (Å²) in [4.78, 5) is 30.7. The van der Waals surface area contributed by atoms with Crippen LogP contribution in [0.15, 0.2) is 6.07 Å². The number of amides is 1. The third-order valence-electron chi connectivity index (χ3n) is 2.93. The van der Waals surface area contributed by atoms with Crippen LogP contribution in [0.3, 0.4) is 0 Å². The fourth-order valence-corrected chi connectivity index (χ4v) is 2.01. The maximum atomic E-state index is 11.9. The summed E-state index contributed by atoms with van der Waals surface area (Å²) in [6.07, 6.45) is 2.51. The maximum Gasteiger partial charge on any atom is 0.326 e. The molecule has 1 amide bonds. The summed E-state index contributed by atoms with van der Waals surface area (Å²) in [7, 11) is 0. The van der Waals surface area contributed by atoms with Crippen LogP contribution in [0.1, 0.15) is 35.4 Å². The minimum atomic E-state index is -1.03. The molecule has 1 fully saturated rings. The van der Waals surface area contributed by atoms with E-state index in [-0.39, 0.29) is 11.0 Å². The van der Waals surface area contributed by atoms with Gasteiger partial charge in [0.25, 0.3) is 5.91 Å². The molecule has 0 aromatic carbocycles. The van der Waals surface area contributed by atoms with Crippen molar-refractivity contribution in [1.82, 2.24) is 15.3 Å². The number of nitrogens with zero attached hydrogens (tertiary/aromatic N) is 2. The van der Waals surface area contributed by atoms with Crippen LogP contribution in [0, 0.1) is 12.8 Å². The number of carboxylic acid groups (broad SMARTS) is 1. The molecule has 2 rings (SSSR count). The molecule has 1 atom stereocenters. The fourth-order valence-electron chi connectivity index (χ4n) is 1.79. The molecule has 0 saturated heterocycles. The Kier molecular flexibility index (Phi) is 3.99. The minimum Gasteiger partial charge on any atom is -0.480 e. The highest BCUT2D eigenvalue weighted by Crippen LogP contribution is 2.33. The van der Waals surface area contributed by atoms with Crippen molar-refractivity contribution in [1.29, 1.82) is 0 Å². The molecule has 1 aliphatic rings. The molecule has 0 aliphatic heterocycles. The molecule has 1 heterocycles. The largest absolute Gasteiger partial charge is 0.480 e. The zero-order valence-corrected chi connectivity index (χ0v) is 11.1. The number of nitrogens with one attached hydrogen (secondary N) is 1. The Balaban J connectivity index is 2.07. The van der Waals surface area contributed by atoms with Gasteiger partial charge in [0.1, 0.15) is 11.7 Å². The summed E-state index contributed by atoms with van der Waals surface area (Å²) in [6.45, 7) is 1.68. The third-order valence-corrected chi connectivity index (χ3v) is 3.10. The van der Waals surface area contributed by atoms with E-state index in [2.05, 4.69) is 15.3 Å². The summed E-state index contributed by atoms with van der Waals surface area (Å²) in [5.41, 5.74) is 0.638. The van der Waals surface area contributed by atoms with Crippen LogP contribution in [-0.2, 0) is 4.79 Å². The standard InChI is InChI=1S/C12H14ClN3O3/c1-6-4-8(16-12(13)14-6)10(17)15-9(11(18)19)5-7-2-3-7/h4,7,9H,2-3,5H2,1H3,(H,15,17)(H,18,19). The molecule has 7 heteroatoms. The molecule has 1 saturated carbocycles. The number of carbonyl (C=O) groups excluding carboxylic acids is 1. The second-order valence-electron chi connectivity index (χ2n) is 4.71. The first-order chi connectivity index (χ1) is 8.95. The van der Waals surface area contributed by atoms with Crippen molar-refractivity contribution in [3.63, 3.8) is 0 Å². The van der Waals surface area contributed by atoms with Crippen LogP contribution >= 0.6 is 11.6 Å². The monoisotopic (exact) mass is 283 g/mol. The highest BCUT2D eigenvalue weighted by atomic mass is 35.5. The van der Waals surface area contributed by atoms with Crippen molar-refractivity contribution in [2.45, 2.75) is 32.2 Å². The second-order valence-corrected chi connectivity index (χ2v) is 5.05. The molecule has 1 unspecified atom stereocenters. The van der Waals surface area contributed by atoms with Gasteiger partial charge in [0.15, 0.2) is 0 Å². The quantitative estimate of drug-likeness (QED) is 0.797. The van der Waals surface area contributed by atoms with E-state index >= 15 is 0 Å².